The minimum atomic E-state index is -0.962. The Balaban J connectivity index is 1.25. The fourth-order valence-corrected chi connectivity index (χ4v) is 5.03. The van der Waals surface area contributed by atoms with Crippen molar-refractivity contribution in [3.05, 3.63) is 95.1 Å². The maximum atomic E-state index is 12.5. The lowest BCUT2D eigenvalue weighted by Gasteiger charge is -2.33. The van der Waals surface area contributed by atoms with E-state index in [0.717, 1.165) is 5.56 Å². The minimum Gasteiger partial charge on any atom is -0.478 e. The van der Waals surface area contributed by atoms with Crippen LogP contribution in [0.1, 0.15) is 53.2 Å². The maximum Gasteiger partial charge on any atom is 0.407 e. The Morgan fingerprint density at radius 2 is 1.57 bits per heavy atom. The SMILES string of the molecule is CC(CNC(=O)OCC1c2ccccc2-c2ccccc21)CC(N)[C@@](C)(N)Cc1ccc(C(=O)O)cc1. The normalized spacial score (nSPS) is 15.7. The molecule has 3 atom stereocenters. The highest BCUT2D eigenvalue weighted by Crippen LogP contribution is 2.44. The fourth-order valence-electron chi connectivity index (χ4n) is 5.03. The molecule has 0 fully saturated rings. The van der Waals surface area contributed by atoms with Crippen molar-refractivity contribution in [3.8, 4) is 11.1 Å². The van der Waals surface area contributed by atoms with E-state index in [1.165, 1.54) is 22.3 Å². The number of fused-ring (bicyclic) bond motifs is 3. The van der Waals surface area contributed by atoms with Crippen LogP contribution in [0, 0.1) is 5.92 Å². The van der Waals surface area contributed by atoms with E-state index in [4.69, 9.17) is 21.3 Å². The van der Waals surface area contributed by atoms with Gasteiger partial charge < -0.3 is 26.6 Å². The Bertz CT molecular complexity index is 1210. The molecule has 3 aromatic rings. The van der Waals surface area contributed by atoms with E-state index in [9.17, 15) is 9.59 Å². The molecule has 3 aromatic carbocycles. The average molecular weight is 502 g/mol. The van der Waals surface area contributed by atoms with Crippen LogP contribution in [0.25, 0.3) is 11.1 Å². The zero-order valence-corrected chi connectivity index (χ0v) is 21.3. The number of hydrogen-bond donors (Lipinski definition) is 4. The Morgan fingerprint density at radius 3 is 2.14 bits per heavy atom. The highest BCUT2D eigenvalue weighted by atomic mass is 16.5. The zero-order valence-electron chi connectivity index (χ0n) is 21.3. The fraction of sp³-hybridized carbons (Fsp3) is 0.333. The number of carbonyl (C=O) groups is 2. The lowest BCUT2D eigenvalue weighted by atomic mass is 9.82. The zero-order chi connectivity index (χ0) is 26.6. The predicted molar refractivity (Wildman–Crippen MR) is 145 cm³/mol. The third kappa shape index (κ3) is 6.18. The molecule has 0 radical (unpaired) electrons. The van der Waals surface area contributed by atoms with Crippen LogP contribution in [0.2, 0.25) is 0 Å². The third-order valence-electron chi connectivity index (χ3n) is 7.23. The number of benzene rings is 3. The topological polar surface area (TPSA) is 128 Å². The van der Waals surface area contributed by atoms with Gasteiger partial charge in [-0.15, -0.1) is 0 Å². The quantitative estimate of drug-likeness (QED) is 0.323. The van der Waals surface area contributed by atoms with Gasteiger partial charge in [-0.1, -0.05) is 67.6 Å². The van der Waals surface area contributed by atoms with Gasteiger partial charge in [-0.25, -0.2) is 9.59 Å². The van der Waals surface area contributed by atoms with Crippen LogP contribution in [0.3, 0.4) is 0 Å². The number of rotatable bonds is 10. The molecule has 7 heteroatoms. The van der Waals surface area contributed by atoms with Crippen molar-refractivity contribution in [1.29, 1.82) is 0 Å². The molecule has 0 aliphatic heterocycles. The van der Waals surface area contributed by atoms with Gasteiger partial charge >= 0.3 is 12.1 Å². The van der Waals surface area contributed by atoms with Crippen LogP contribution in [0.5, 0.6) is 0 Å². The number of ether oxygens (including phenoxy) is 1. The number of carboxylic acids is 1. The van der Waals surface area contributed by atoms with E-state index < -0.39 is 17.6 Å². The maximum absolute atomic E-state index is 12.5. The van der Waals surface area contributed by atoms with Gasteiger partial charge in [-0.05, 0) is 65.6 Å². The molecule has 1 aliphatic carbocycles. The second-order valence-corrected chi connectivity index (χ2v) is 10.3. The summed E-state index contributed by atoms with van der Waals surface area (Å²) in [4.78, 5) is 23.6. The molecule has 0 aromatic heterocycles. The third-order valence-corrected chi connectivity index (χ3v) is 7.23. The van der Waals surface area contributed by atoms with Crippen LogP contribution >= 0.6 is 0 Å². The second kappa shape index (κ2) is 11.2. The van der Waals surface area contributed by atoms with Gasteiger partial charge in [0.2, 0.25) is 0 Å². The van der Waals surface area contributed by atoms with Gasteiger partial charge in [0.05, 0.1) is 5.56 Å². The van der Waals surface area contributed by atoms with Gasteiger partial charge in [0.25, 0.3) is 0 Å². The lowest BCUT2D eigenvalue weighted by Crippen LogP contribution is -2.55. The van der Waals surface area contributed by atoms with E-state index in [1.54, 1.807) is 24.3 Å². The van der Waals surface area contributed by atoms with Crippen molar-refractivity contribution in [1.82, 2.24) is 5.32 Å². The molecule has 4 rings (SSSR count). The first-order valence-corrected chi connectivity index (χ1v) is 12.6. The monoisotopic (exact) mass is 501 g/mol. The van der Waals surface area contributed by atoms with Crippen molar-refractivity contribution in [2.75, 3.05) is 13.2 Å². The molecule has 194 valence electrons. The molecule has 0 saturated carbocycles. The van der Waals surface area contributed by atoms with Crippen molar-refractivity contribution in [3.63, 3.8) is 0 Å². The lowest BCUT2D eigenvalue weighted by molar-refractivity contribution is 0.0696. The number of amides is 1. The standard InChI is InChI=1S/C30H35N3O4/c1-19(15-27(31)30(2,32)16-20-11-13-21(14-12-20)28(34)35)17-33-29(36)37-18-26-24-9-5-3-7-22(24)23-8-4-6-10-25(23)26/h3-14,19,26-27H,15-18,31-32H2,1-2H3,(H,33,36)(H,34,35)/t19?,27?,30-/m0/s1. The molecule has 37 heavy (non-hydrogen) atoms. The first kappa shape index (κ1) is 26.4. The Hall–Kier alpha value is -3.68. The molecule has 0 bridgehead atoms. The smallest absolute Gasteiger partial charge is 0.407 e. The first-order valence-electron chi connectivity index (χ1n) is 12.6. The van der Waals surface area contributed by atoms with Gasteiger partial charge in [-0.2, -0.15) is 0 Å². The molecule has 1 amide bonds. The Labute approximate surface area is 217 Å². The number of aromatic carboxylic acids is 1. The van der Waals surface area contributed by atoms with Crippen LogP contribution in [-0.2, 0) is 11.2 Å². The number of carboxylic acid groups (broad SMARTS) is 1. The molecular formula is C30H35N3O4. The molecule has 1 aliphatic rings. The average Bonchev–Trinajstić information content (AvgIpc) is 3.20. The summed E-state index contributed by atoms with van der Waals surface area (Å²) >= 11 is 0. The summed E-state index contributed by atoms with van der Waals surface area (Å²) in [5, 5.41) is 11.9. The molecule has 7 nitrogen and oxygen atoms in total. The Kier molecular flexibility index (Phi) is 7.95. The summed E-state index contributed by atoms with van der Waals surface area (Å²) in [5.74, 6) is -0.851. The molecular weight excluding hydrogens is 466 g/mol. The van der Waals surface area contributed by atoms with Crippen molar-refractivity contribution in [2.24, 2.45) is 17.4 Å². The highest BCUT2D eigenvalue weighted by molar-refractivity contribution is 5.87. The number of carbonyl (C=O) groups excluding carboxylic acids is 1. The van der Waals surface area contributed by atoms with E-state index >= 15 is 0 Å². The number of nitrogens with one attached hydrogen (secondary N) is 1. The van der Waals surface area contributed by atoms with E-state index in [-0.39, 0.29) is 30.0 Å². The van der Waals surface area contributed by atoms with E-state index in [2.05, 4.69) is 29.6 Å². The predicted octanol–water partition coefficient (Wildman–Crippen LogP) is 4.54. The summed E-state index contributed by atoms with van der Waals surface area (Å²) in [6.45, 7) is 4.61. The van der Waals surface area contributed by atoms with Crippen LogP contribution < -0.4 is 16.8 Å². The number of nitrogens with two attached hydrogens (primary N) is 2. The summed E-state index contributed by atoms with van der Waals surface area (Å²) in [6.07, 6.45) is 0.682. The second-order valence-electron chi connectivity index (χ2n) is 10.3. The van der Waals surface area contributed by atoms with Gasteiger partial charge in [-0.3, -0.25) is 0 Å². The molecule has 0 saturated heterocycles. The largest absolute Gasteiger partial charge is 0.478 e. The molecule has 0 heterocycles. The van der Waals surface area contributed by atoms with Gasteiger partial charge in [0, 0.05) is 24.0 Å². The van der Waals surface area contributed by atoms with Crippen molar-refractivity contribution in [2.45, 2.75) is 44.2 Å². The number of alkyl carbamates (subject to hydrolysis) is 1. The summed E-state index contributed by atoms with van der Waals surface area (Å²) in [5.41, 5.74) is 18.2. The molecule has 6 N–H and O–H groups in total. The summed E-state index contributed by atoms with van der Waals surface area (Å²) < 4.78 is 5.62. The summed E-state index contributed by atoms with van der Waals surface area (Å²) in [6, 6.07) is 22.8. The molecule has 0 spiro atoms. The number of hydrogen-bond acceptors (Lipinski definition) is 5. The van der Waals surface area contributed by atoms with Gasteiger partial charge in [0.15, 0.2) is 0 Å². The molecule has 2 unspecified atom stereocenters. The van der Waals surface area contributed by atoms with E-state index in [0.29, 0.717) is 19.4 Å². The van der Waals surface area contributed by atoms with Crippen molar-refractivity contribution >= 4 is 12.1 Å². The minimum absolute atomic E-state index is 0.0199. The van der Waals surface area contributed by atoms with Crippen LogP contribution in [0.4, 0.5) is 4.79 Å². The Morgan fingerprint density at radius 1 is 1.00 bits per heavy atom. The highest BCUT2D eigenvalue weighted by Gasteiger charge is 2.30. The van der Waals surface area contributed by atoms with Gasteiger partial charge in [0.1, 0.15) is 6.61 Å². The summed E-state index contributed by atoms with van der Waals surface area (Å²) in [7, 11) is 0. The van der Waals surface area contributed by atoms with Crippen LogP contribution in [-0.4, -0.2) is 41.9 Å². The van der Waals surface area contributed by atoms with E-state index in [1.807, 2.05) is 38.1 Å². The first-order chi connectivity index (χ1) is 17.7. The van der Waals surface area contributed by atoms with Crippen LogP contribution in [0.15, 0.2) is 72.8 Å². The van der Waals surface area contributed by atoms with Crippen molar-refractivity contribution < 1.29 is 19.4 Å².